The molecule has 2 rings (SSSR count). The molecular formula is C15H20FN5OS. The Morgan fingerprint density at radius 3 is 2.39 bits per heavy atom. The second kappa shape index (κ2) is 7.10. The molecule has 2 aromatic rings. The summed E-state index contributed by atoms with van der Waals surface area (Å²) in [7, 11) is 3.88. The minimum atomic E-state index is -0.444. The van der Waals surface area contributed by atoms with E-state index in [4.69, 9.17) is 5.73 Å². The molecule has 2 N–H and O–H groups in total. The standard InChI is InChI=1S/C15H20FN5OS/c1-9(20(3)4)14-18-19-15(23-10(2)13(17)22)21(14)12-7-5-11(16)6-8-12/h5-10H,1-4H3,(H2,17,22)/t9-,10+/m1/s1. The summed E-state index contributed by atoms with van der Waals surface area (Å²) in [5.74, 6) is -0.0321. The third kappa shape index (κ3) is 3.89. The number of thioether (sulfide) groups is 1. The van der Waals surface area contributed by atoms with Crippen LogP contribution in [-0.4, -0.2) is 44.9 Å². The summed E-state index contributed by atoms with van der Waals surface area (Å²) in [6.45, 7) is 3.71. The lowest BCUT2D eigenvalue weighted by Crippen LogP contribution is -2.23. The van der Waals surface area contributed by atoms with Crippen LogP contribution in [0.25, 0.3) is 5.69 Å². The van der Waals surface area contributed by atoms with Gasteiger partial charge in [-0.15, -0.1) is 10.2 Å². The molecule has 124 valence electrons. The van der Waals surface area contributed by atoms with Gasteiger partial charge in [0.05, 0.1) is 11.3 Å². The van der Waals surface area contributed by atoms with Crippen LogP contribution in [0.5, 0.6) is 0 Å². The number of hydrogen-bond acceptors (Lipinski definition) is 5. The number of nitrogens with zero attached hydrogens (tertiary/aromatic N) is 4. The predicted octanol–water partition coefficient (Wildman–Crippen LogP) is 1.99. The molecule has 1 heterocycles. The number of primary amides is 1. The van der Waals surface area contributed by atoms with Crippen LogP contribution in [0.1, 0.15) is 25.7 Å². The lowest BCUT2D eigenvalue weighted by atomic mass is 10.2. The molecule has 0 aliphatic rings. The van der Waals surface area contributed by atoms with Crippen LogP contribution in [0, 0.1) is 5.82 Å². The van der Waals surface area contributed by atoms with Crippen molar-refractivity contribution >= 4 is 17.7 Å². The second-order valence-electron chi connectivity index (χ2n) is 5.45. The monoisotopic (exact) mass is 337 g/mol. The Morgan fingerprint density at radius 1 is 1.26 bits per heavy atom. The highest BCUT2D eigenvalue weighted by atomic mass is 32.2. The van der Waals surface area contributed by atoms with Crippen molar-refractivity contribution < 1.29 is 9.18 Å². The van der Waals surface area contributed by atoms with E-state index in [1.54, 1.807) is 19.1 Å². The van der Waals surface area contributed by atoms with Gasteiger partial charge in [0, 0.05) is 5.69 Å². The average molecular weight is 337 g/mol. The van der Waals surface area contributed by atoms with Gasteiger partial charge in [0.2, 0.25) is 5.91 Å². The van der Waals surface area contributed by atoms with Crippen LogP contribution in [0.2, 0.25) is 0 Å². The van der Waals surface area contributed by atoms with E-state index in [0.29, 0.717) is 11.0 Å². The Bertz CT molecular complexity index is 686. The number of nitrogens with two attached hydrogens (primary N) is 1. The van der Waals surface area contributed by atoms with Gasteiger partial charge >= 0.3 is 0 Å². The molecule has 1 aromatic heterocycles. The number of carbonyl (C=O) groups is 1. The molecule has 6 nitrogen and oxygen atoms in total. The van der Waals surface area contributed by atoms with Crippen molar-refractivity contribution in [3.63, 3.8) is 0 Å². The third-order valence-corrected chi connectivity index (χ3v) is 4.64. The van der Waals surface area contributed by atoms with Crippen molar-refractivity contribution in [3.05, 3.63) is 35.9 Å². The first-order chi connectivity index (χ1) is 10.8. The highest BCUT2D eigenvalue weighted by Crippen LogP contribution is 2.29. The number of aromatic nitrogens is 3. The van der Waals surface area contributed by atoms with Gasteiger partial charge in [0.15, 0.2) is 11.0 Å². The highest BCUT2D eigenvalue weighted by molar-refractivity contribution is 8.00. The van der Waals surface area contributed by atoms with Crippen molar-refractivity contribution in [3.8, 4) is 5.69 Å². The van der Waals surface area contributed by atoms with Gasteiger partial charge in [-0.3, -0.25) is 14.3 Å². The summed E-state index contributed by atoms with van der Waals surface area (Å²) < 4.78 is 15.0. The van der Waals surface area contributed by atoms with Crippen LogP contribution in [0.15, 0.2) is 29.4 Å². The van der Waals surface area contributed by atoms with Crippen molar-refractivity contribution in [2.75, 3.05) is 14.1 Å². The van der Waals surface area contributed by atoms with Gasteiger partial charge in [-0.1, -0.05) is 11.8 Å². The maximum atomic E-state index is 13.2. The van der Waals surface area contributed by atoms with Crippen molar-refractivity contribution in [1.29, 1.82) is 0 Å². The fourth-order valence-corrected chi connectivity index (χ4v) is 2.73. The van der Waals surface area contributed by atoms with E-state index in [9.17, 15) is 9.18 Å². The molecule has 23 heavy (non-hydrogen) atoms. The summed E-state index contributed by atoms with van der Waals surface area (Å²) in [5, 5.41) is 8.55. The third-order valence-electron chi connectivity index (χ3n) is 3.57. The summed E-state index contributed by atoms with van der Waals surface area (Å²) in [5.41, 5.74) is 6.07. The Labute approximate surface area is 138 Å². The maximum Gasteiger partial charge on any atom is 0.230 e. The van der Waals surface area contributed by atoms with Crippen molar-refractivity contribution in [1.82, 2.24) is 19.7 Å². The minimum Gasteiger partial charge on any atom is -0.369 e. The average Bonchev–Trinajstić information content (AvgIpc) is 2.90. The zero-order valence-corrected chi connectivity index (χ0v) is 14.3. The Morgan fingerprint density at radius 2 is 1.87 bits per heavy atom. The molecule has 0 aliphatic heterocycles. The highest BCUT2D eigenvalue weighted by Gasteiger charge is 2.23. The zero-order valence-electron chi connectivity index (χ0n) is 13.5. The van der Waals surface area contributed by atoms with Crippen LogP contribution in [0.4, 0.5) is 4.39 Å². The predicted molar refractivity (Wildman–Crippen MR) is 87.9 cm³/mol. The van der Waals surface area contributed by atoms with Gasteiger partial charge in [-0.25, -0.2) is 4.39 Å². The van der Waals surface area contributed by atoms with E-state index in [1.807, 2.05) is 30.5 Å². The van der Waals surface area contributed by atoms with Crippen molar-refractivity contribution in [2.45, 2.75) is 30.3 Å². The lowest BCUT2D eigenvalue weighted by Gasteiger charge is -2.20. The van der Waals surface area contributed by atoms with Gasteiger partial charge in [0.1, 0.15) is 5.82 Å². The fourth-order valence-electron chi connectivity index (χ4n) is 1.91. The first kappa shape index (κ1) is 17.4. The smallest absolute Gasteiger partial charge is 0.230 e. The van der Waals surface area contributed by atoms with E-state index in [1.165, 1.54) is 23.9 Å². The van der Waals surface area contributed by atoms with E-state index in [-0.39, 0.29) is 11.9 Å². The number of benzene rings is 1. The maximum absolute atomic E-state index is 13.2. The molecule has 0 aliphatic carbocycles. The molecule has 0 spiro atoms. The van der Waals surface area contributed by atoms with Gasteiger partial charge < -0.3 is 5.73 Å². The van der Waals surface area contributed by atoms with Crippen LogP contribution >= 0.6 is 11.8 Å². The Kier molecular flexibility index (Phi) is 5.38. The molecular weight excluding hydrogens is 317 g/mol. The number of hydrogen-bond donors (Lipinski definition) is 1. The largest absolute Gasteiger partial charge is 0.369 e. The summed E-state index contributed by atoms with van der Waals surface area (Å²) in [6.07, 6.45) is 0. The molecule has 1 aromatic carbocycles. The number of amides is 1. The van der Waals surface area contributed by atoms with Crippen LogP contribution < -0.4 is 5.73 Å². The molecule has 0 saturated carbocycles. The number of halogens is 1. The lowest BCUT2D eigenvalue weighted by molar-refractivity contribution is -0.117. The zero-order chi connectivity index (χ0) is 17.1. The molecule has 0 radical (unpaired) electrons. The van der Waals surface area contributed by atoms with E-state index >= 15 is 0 Å². The van der Waals surface area contributed by atoms with Gasteiger partial charge in [0.25, 0.3) is 0 Å². The number of rotatable bonds is 6. The van der Waals surface area contributed by atoms with E-state index in [2.05, 4.69) is 10.2 Å². The second-order valence-corrected chi connectivity index (χ2v) is 6.76. The van der Waals surface area contributed by atoms with E-state index < -0.39 is 11.2 Å². The minimum absolute atomic E-state index is 0.00853. The van der Waals surface area contributed by atoms with Crippen LogP contribution in [-0.2, 0) is 4.79 Å². The first-order valence-corrected chi connectivity index (χ1v) is 8.03. The first-order valence-electron chi connectivity index (χ1n) is 7.15. The molecule has 2 atom stereocenters. The van der Waals surface area contributed by atoms with Gasteiger partial charge in [-0.2, -0.15) is 0 Å². The quantitative estimate of drug-likeness (QED) is 0.816. The van der Waals surface area contributed by atoms with Crippen molar-refractivity contribution in [2.24, 2.45) is 5.73 Å². The number of carbonyl (C=O) groups excluding carboxylic acids is 1. The van der Waals surface area contributed by atoms with Gasteiger partial charge in [-0.05, 0) is 52.2 Å². The molecule has 0 saturated heterocycles. The van der Waals surface area contributed by atoms with Crippen LogP contribution in [0.3, 0.4) is 0 Å². The molecule has 0 bridgehead atoms. The topological polar surface area (TPSA) is 77.0 Å². The van der Waals surface area contributed by atoms with E-state index in [0.717, 1.165) is 5.69 Å². The molecule has 0 fully saturated rings. The molecule has 0 unspecified atom stereocenters. The molecule has 8 heteroatoms. The normalized spacial score (nSPS) is 14.0. The SMILES string of the molecule is C[C@H](Sc1nnc([C@@H](C)N(C)C)n1-c1ccc(F)cc1)C(N)=O. The summed E-state index contributed by atoms with van der Waals surface area (Å²) >= 11 is 1.23. The molecule has 1 amide bonds. The Hall–Kier alpha value is -1.93. The summed E-state index contributed by atoms with van der Waals surface area (Å²) in [6, 6.07) is 6.06. The Balaban J connectivity index is 2.51. The fraction of sp³-hybridized carbons (Fsp3) is 0.400. The summed E-state index contributed by atoms with van der Waals surface area (Å²) in [4.78, 5) is 13.3.